The molecular weight excluding hydrogens is 408 g/mol. The summed E-state index contributed by atoms with van der Waals surface area (Å²) < 4.78 is 12.0. The van der Waals surface area contributed by atoms with Crippen LogP contribution in [0.4, 0.5) is 0 Å². The van der Waals surface area contributed by atoms with E-state index in [0.29, 0.717) is 0 Å². The van der Waals surface area contributed by atoms with Crippen molar-refractivity contribution in [3.8, 4) is 23.1 Å². The van der Waals surface area contributed by atoms with Crippen molar-refractivity contribution in [3.05, 3.63) is 52.5 Å². The second kappa shape index (κ2) is 9.29. The molecule has 0 aliphatic rings. The van der Waals surface area contributed by atoms with Gasteiger partial charge in [0.15, 0.2) is 0 Å². The van der Waals surface area contributed by atoms with Gasteiger partial charge in [0, 0.05) is 47.6 Å². The Bertz CT molecular complexity index is 925. The van der Waals surface area contributed by atoms with Gasteiger partial charge >= 0.3 is 0 Å². The van der Waals surface area contributed by atoms with Crippen LogP contribution in [0.25, 0.3) is 21.3 Å². The molecule has 0 N–H and O–H groups in total. The maximum atomic E-state index is 5.08. The van der Waals surface area contributed by atoms with Crippen molar-refractivity contribution in [1.29, 1.82) is 0 Å². The van der Waals surface area contributed by atoms with Crippen LogP contribution >= 0.6 is 27.5 Å². The Labute approximate surface area is 167 Å². The van der Waals surface area contributed by atoms with Gasteiger partial charge in [-0.1, -0.05) is 46.0 Å². The summed E-state index contributed by atoms with van der Waals surface area (Å²) in [6.45, 7) is 2.64. The predicted octanol–water partition coefficient (Wildman–Crippen LogP) is 5.05. The minimum atomic E-state index is 0.757. The lowest BCUT2D eigenvalue weighted by Gasteiger charge is -2.13. The highest BCUT2D eigenvalue weighted by molar-refractivity contribution is 9.10. The highest BCUT2D eigenvalue weighted by Gasteiger charge is 2.08. The molecule has 134 valence electrons. The summed E-state index contributed by atoms with van der Waals surface area (Å²) in [4.78, 5) is 2.23. The molecule has 26 heavy (non-hydrogen) atoms. The predicted molar refractivity (Wildman–Crippen MR) is 114 cm³/mol. The number of likely N-dealkylation sites (N-methyl/N-ethyl adjacent to an activating group) is 1. The molecule has 0 aliphatic heterocycles. The van der Waals surface area contributed by atoms with Crippen molar-refractivity contribution in [3.63, 3.8) is 0 Å². The molecule has 3 rings (SSSR count). The third-order valence-electron chi connectivity index (χ3n) is 4.12. The van der Waals surface area contributed by atoms with Crippen LogP contribution in [-0.2, 0) is 4.74 Å². The minimum Gasteiger partial charge on any atom is -0.383 e. The van der Waals surface area contributed by atoms with Gasteiger partial charge in [0.25, 0.3) is 0 Å². The third-order valence-corrected chi connectivity index (χ3v) is 5.46. The summed E-state index contributed by atoms with van der Waals surface area (Å²) in [6, 6.07) is 14.6. The molecule has 0 amide bonds. The largest absolute Gasteiger partial charge is 0.383 e. The first-order valence-corrected chi connectivity index (χ1v) is 10.1. The number of hydrogen-bond donors (Lipinski definition) is 0. The average molecular weight is 429 g/mol. The summed E-state index contributed by atoms with van der Waals surface area (Å²) in [7, 11) is 3.82. The topological polar surface area (TPSA) is 25.4 Å². The fourth-order valence-electron chi connectivity index (χ4n) is 2.60. The molecule has 2 aromatic carbocycles. The first-order chi connectivity index (χ1) is 12.7. The summed E-state index contributed by atoms with van der Waals surface area (Å²) in [5, 5.41) is 1.18. The van der Waals surface area contributed by atoms with Crippen LogP contribution in [0.2, 0.25) is 0 Å². The highest BCUT2D eigenvalue weighted by atomic mass is 79.9. The van der Waals surface area contributed by atoms with Gasteiger partial charge < -0.3 is 9.64 Å². The molecule has 0 fully saturated rings. The fourth-order valence-corrected chi connectivity index (χ4v) is 3.70. The van der Waals surface area contributed by atoms with Crippen LogP contribution in [0.5, 0.6) is 0 Å². The standard InChI is InChI=1S/C21H21BrN2OS/c1-24(13-14-25-2)12-4-3-5-16-6-11-19-20(15-16)26-23-21(19)17-7-9-18(22)10-8-17/h6-11,15H,4,12-14H2,1-2H3. The Morgan fingerprint density at radius 1 is 1.15 bits per heavy atom. The molecule has 0 spiro atoms. The zero-order valence-corrected chi connectivity index (χ0v) is 17.4. The highest BCUT2D eigenvalue weighted by Crippen LogP contribution is 2.31. The second-order valence-electron chi connectivity index (χ2n) is 6.10. The number of fused-ring (bicyclic) bond motifs is 1. The number of ether oxygens (including phenoxy) is 1. The maximum Gasteiger partial charge on any atom is 0.0919 e. The van der Waals surface area contributed by atoms with Gasteiger partial charge in [-0.2, -0.15) is 4.37 Å². The van der Waals surface area contributed by atoms with Crippen LogP contribution in [0, 0.1) is 11.8 Å². The third kappa shape index (κ3) is 4.93. The molecule has 3 aromatic rings. The summed E-state index contributed by atoms with van der Waals surface area (Å²) in [5.74, 6) is 6.53. The molecule has 0 aliphatic carbocycles. The molecule has 0 saturated carbocycles. The van der Waals surface area contributed by atoms with Crippen LogP contribution in [0.15, 0.2) is 46.9 Å². The van der Waals surface area contributed by atoms with Crippen molar-refractivity contribution in [2.45, 2.75) is 6.42 Å². The van der Waals surface area contributed by atoms with Crippen LogP contribution < -0.4 is 0 Å². The van der Waals surface area contributed by atoms with Crippen LogP contribution in [0.3, 0.4) is 0 Å². The van der Waals surface area contributed by atoms with E-state index in [-0.39, 0.29) is 0 Å². The van der Waals surface area contributed by atoms with Crippen molar-refractivity contribution >= 4 is 37.5 Å². The average Bonchev–Trinajstić information content (AvgIpc) is 3.07. The zero-order chi connectivity index (χ0) is 18.4. The maximum absolute atomic E-state index is 5.08. The number of nitrogens with zero attached hydrogens (tertiary/aromatic N) is 2. The quantitative estimate of drug-likeness (QED) is 0.513. The van der Waals surface area contributed by atoms with Gasteiger partial charge in [-0.15, -0.1) is 0 Å². The first-order valence-electron chi connectivity index (χ1n) is 8.49. The second-order valence-corrected chi connectivity index (χ2v) is 7.82. The van der Waals surface area contributed by atoms with Gasteiger partial charge in [0.2, 0.25) is 0 Å². The van der Waals surface area contributed by atoms with E-state index in [1.54, 1.807) is 7.11 Å². The van der Waals surface area contributed by atoms with Crippen molar-refractivity contribution in [2.75, 3.05) is 33.9 Å². The van der Waals surface area contributed by atoms with Gasteiger partial charge in [-0.25, -0.2) is 0 Å². The van der Waals surface area contributed by atoms with E-state index in [4.69, 9.17) is 4.74 Å². The Balaban J connectivity index is 1.69. The normalized spacial score (nSPS) is 10.9. The van der Waals surface area contributed by atoms with Crippen LogP contribution in [0.1, 0.15) is 12.0 Å². The van der Waals surface area contributed by atoms with Crippen molar-refractivity contribution in [2.24, 2.45) is 0 Å². The monoisotopic (exact) mass is 428 g/mol. The lowest BCUT2D eigenvalue weighted by Crippen LogP contribution is -2.23. The van der Waals surface area contributed by atoms with Gasteiger partial charge in [-0.05, 0) is 42.8 Å². The van der Waals surface area contributed by atoms with E-state index in [2.05, 4.69) is 74.4 Å². The van der Waals surface area contributed by atoms with E-state index >= 15 is 0 Å². The Hall–Kier alpha value is -1.71. The fraction of sp³-hybridized carbons (Fsp3) is 0.286. The molecular formula is C21H21BrN2OS. The summed E-state index contributed by atoms with van der Waals surface area (Å²) >= 11 is 5.01. The van der Waals surface area contributed by atoms with Crippen molar-refractivity contribution in [1.82, 2.24) is 9.27 Å². The molecule has 0 atom stereocenters. The van der Waals surface area contributed by atoms with E-state index in [1.807, 2.05) is 12.1 Å². The van der Waals surface area contributed by atoms with E-state index in [0.717, 1.165) is 47.4 Å². The van der Waals surface area contributed by atoms with E-state index < -0.39 is 0 Å². The zero-order valence-electron chi connectivity index (χ0n) is 15.0. The molecule has 1 heterocycles. The molecule has 3 nitrogen and oxygen atoms in total. The number of hydrogen-bond acceptors (Lipinski definition) is 4. The molecule has 0 unspecified atom stereocenters. The van der Waals surface area contributed by atoms with E-state index in [9.17, 15) is 0 Å². The Morgan fingerprint density at radius 2 is 1.96 bits per heavy atom. The molecule has 1 aromatic heterocycles. The van der Waals surface area contributed by atoms with Gasteiger partial charge in [0.05, 0.1) is 17.0 Å². The molecule has 5 heteroatoms. The SMILES string of the molecule is COCCN(C)CCC#Cc1ccc2c(-c3ccc(Br)cc3)nsc2c1. The molecule has 0 saturated heterocycles. The molecule has 0 radical (unpaired) electrons. The number of aromatic nitrogens is 1. The number of methoxy groups -OCH3 is 1. The summed E-state index contributed by atoms with van der Waals surface area (Å²) in [5.41, 5.74) is 3.22. The van der Waals surface area contributed by atoms with Gasteiger partial charge in [-0.3, -0.25) is 0 Å². The lowest BCUT2D eigenvalue weighted by molar-refractivity contribution is 0.162. The van der Waals surface area contributed by atoms with E-state index in [1.165, 1.54) is 21.6 Å². The molecule has 0 bridgehead atoms. The number of rotatable bonds is 6. The lowest BCUT2D eigenvalue weighted by atomic mass is 10.1. The first kappa shape index (κ1) is 19.1. The Kier molecular flexibility index (Phi) is 6.81. The number of benzene rings is 2. The van der Waals surface area contributed by atoms with Crippen molar-refractivity contribution < 1.29 is 4.74 Å². The number of halogens is 1. The Morgan fingerprint density at radius 3 is 2.73 bits per heavy atom. The van der Waals surface area contributed by atoms with Crippen LogP contribution in [-0.4, -0.2) is 43.1 Å². The summed E-state index contributed by atoms with van der Waals surface area (Å²) in [6.07, 6.45) is 0.852. The smallest absolute Gasteiger partial charge is 0.0919 e. The van der Waals surface area contributed by atoms with Gasteiger partial charge in [0.1, 0.15) is 0 Å². The minimum absolute atomic E-state index is 0.757.